The first-order valence-corrected chi connectivity index (χ1v) is 23.1. The molecule has 9 N–H and O–H groups in total. The van der Waals surface area contributed by atoms with E-state index in [1.54, 1.807) is 43.1 Å². The minimum Gasteiger partial charge on any atom is -0.399 e. The number of carbonyl (C=O) groups is 1. The number of nitro benzene ring substituents is 2. The highest BCUT2D eigenvalue weighted by Gasteiger charge is 2.23. The van der Waals surface area contributed by atoms with Gasteiger partial charge in [0.25, 0.3) is 17.3 Å². The van der Waals surface area contributed by atoms with Crippen molar-refractivity contribution < 1.29 is 19.0 Å². The number of H-pyrrole nitrogens is 1. The molecule has 5 aromatic heterocycles. The van der Waals surface area contributed by atoms with E-state index in [0.717, 1.165) is 102 Å². The summed E-state index contributed by atoms with van der Waals surface area (Å²) in [6, 6.07) is 26.3. The second-order valence-corrected chi connectivity index (χ2v) is 16.5. The number of nitro groups is 2. The number of imidazole rings is 4. The van der Waals surface area contributed by atoms with Gasteiger partial charge in [0.15, 0.2) is 0 Å². The standard InChI is InChI=1S/C21H26N8O.C10H9N3O2.C10H11N3.C6H4FNO2.C4H6N2/c1-13-24-10-11-29(13)15-8-6-14(7-9-15)26-20-16(19(23)30)12-25-21(28-20)27-18-5-3-2-4-17(18)22;1-8-11-6-7-12(8)9-2-4-10(5-3-9)13(14)15;1-8-12-6-7-13(8)10-4-2-9(11)3-5-10;7-5-1-3-6(4-2-5)8(9)10;1-4-5-2-3-6-4/h6-12,17-18H,2-5,22H2,1H3,(H2,23,30)(H2,25,26,27,28);2-7H,1H3;2-7H,11H2,1H3;1-4H;2-3H,1H3,(H,5,6)/t17-,18+;;;;/m0..../s1. The van der Waals surface area contributed by atoms with Gasteiger partial charge in [-0.15, -0.1) is 0 Å². The fourth-order valence-corrected chi connectivity index (χ4v) is 7.30. The summed E-state index contributed by atoms with van der Waals surface area (Å²) in [5.74, 6) is 3.42. The van der Waals surface area contributed by atoms with Crippen molar-refractivity contribution in [1.82, 2.24) is 48.6 Å². The van der Waals surface area contributed by atoms with Crippen molar-refractivity contribution in [3.05, 3.63) is 208 Å². The lowest BCUT2D eigenvalue weighted by atomic mass is 9.91. The molecule has 74 heavy (non-hydrogen) atoms. The van der Waals surface area contributed by atoms with Gasteiger partial charge in [-0.3, -0.25) is 25.0 Å². The first kappa shape index (κ1) is 53.7. The minimum absolute atomic E-state index is 0.0637. The average Bonchev–Trinajstić information content (AvgIpc) is 4.24. The number of nitrogens with zero attached hydrogens (tertiary/aromatic N) is 11. The second-order valence-electron chi connectivity index (χ2n) is 16.5. The summed E-state index contributed by atoms with van der Waals surface area (Å²) in [6.45, 7) is 7.71. The molecule has 5 heterocycles. The van der Waals surface area contributed by atoms with Crippen LogP contribution in [0.4, 0.5) is 38.9 Å². The number of nitrogens with two attached hydrogens (primary N) is 3. The molecule has 0 aliphatic heterocycles. The van der Waals surface area contributed by atoms with E-state index in [1.807, 2.05) is 109 Å². The summed E-state index contributed by atoms with van der Waals surface area (Å²) < 4.78 is 18.0. The minimum atomic E-state index is -0.593. The van der Waals surface area contributed by atoms with Crippen LogP contribution in [0.1, 0.15) is 59.3 Å². The number of amides is 1. The average molecular weight is 1010 g/mol. The molecule has 23 heteroatoms. The van der Waals surface area contributed by atoms with Crippen molar-refractivity contribution in [3.63, 3.8) is 0 Å². The monoisotopic (exact) mass is 1010 g/mol. The number of anilines is 4. The molecular weight excluding hydrogens is 950 g/mol. The maximum absolute atomic E-state index is 12.1. The number of hydrogen-bond acceptors (Lipinski definition) is 15. The fourth-order valence-electron chi connectivity index (χ4n) is 7.30. The Kier molecular flexibility index (Phi) is 18.9. The third kappa shape index (κ3) is 15.4. The molecule has 10 rings (SSSR count). The smallest absolute Gasteiger partial charge is 0.269 e. The van der Waals surface area contributed by atoms with Crippen LogP contribution in [0.15, 0.2) is 153 Å². The SMILES string of the molecule is Cc1ncc[nH]1.Cc1nccn1-c1ccc(N)cc1.Cc1nccn1-c1ccc(Nc2nc(N[C@@H]3CCCC[C@@H]3N)ncc2C(N)=O)cc1.Cc1nccn1-c1ccc([N+](=O)[O-])cc1.O=[N+]([O-])c1ccc(F)cc1. The van der Waals surface area contributed by atoms with Gasteiger partial charge in [-0.2, -0.15) is 4.98 Å². The zero-order valence-corrected chi connectivity index (χ0v) is 41.0. The van der Waals surface area contributed by atoms with Crippen LogP contribution in [0.3, 0.4) is 0 Å². The summed E-state index contributed by atoms with van der Waals surface area (Å²) in [7, 11) is 0. The topological polar surface area (TPSA) is 313 Å². The molecule has 0 radical (unpaired) electrons. The van der Waals surface area contributed by atoms with Crippen LogP contribution in [0.25, 0.3) is 17.1 Å². The summed E-state index contributed by atoms with van der Waals surface area (Å²) in [6.07, 6.45) is 20.1. The Morgan fingerprint density at radius 3 is 1.55 bits per heavy atom. The van der Waals surface area contributed by atoms with Gasteiger partial charge in [0.2, 0.25) is 5.95 Å². The predicted octanol–water partition coefficient (Wildman–Crippen LogP) is 8.80. The Bertz CT molecular complexity index is 3190. The molecule has 0 unspecified atom stereocenters. The van der Waals surface area contributed by atoms with E-state index >= 15 is 0 Å². The van der Waals surface area contributed by atoms with Gasteiger partial charge < -0.3 is 46.5 Å². The zero-order valence-electron chi connectivity index (χ0n) is 41.0. The molecule has 1 amide bonds. The summed E-state index contributed by atoms with van der Waals surface area (Å²) in [5, 5.41) is 26.9. The van der Waals surface area contributed by atoms with Gasteiger partial charge in [-0.25, -0.2) is 29.3 Å². The number of carbonyl (C=O) groups excluding carboxylic acids is 1. The molecule has 1 aliphatic rings. The fraction of sp³-hybridized carbons (Fsp3) is 0.196. The molecule has 1 aliphatic carbocycles. The molecule has 1 fully saturated rings. The number of aromatic nitrogens is 10. The van der Waals surface area contributed by atoms with Gasteiger partial charge >= 0.3 is 0 Å². The molecular formula is C51H56FN17O5. The maximum Gasteiger partial charge on any atom is 0.269 e. The number of aryl methyl sites for hydroxylation is 4. The predicted molar refractivity (Wildman–Crippen MR) is 280 cm³/mol. The Morgan fingerprint density at radius 2 is 1.15 bits per heavy atom. The molecule has 1 saturated carbocycles. The van der Waals surface area contributed by atoms with Crippen LogP contribution in [0.5, 0.6) is 0 Å². The summed E-state index contributed by atoms with van der Waals surface area (Å²) in [4.78, 5) is 59.3. The van der Waals surface area contributed by atoms with Crippen molar-refractivity contribution in [1.29, 1.82) is 0 Å². The van der Waals surface area contributed by atoms with Gasteiger partial charge in [0.05, 0.1) is 9.85 Å². The van der Waals surface area contributed by atoms with E-state index in [-0.39, 0.29) is 29.0 Å². The highest BCUT2D eigenvalue weighted by atomic mass is 19.1. The Hall–Kier alpha value is -9.64. The van der Waals surface area contributed by atoms with Gasteiger partial charge in [0.1, 0.15) is 40.5 Å². The quantitative estimate of drug-likeness (QED) is 0.0423. The largest absolute Gasteiger partial charge is 0.399 e. The first-order valence-electron chi connectivity index (χ1n) is 23.1. The van der Waals surface area contributed by atoms with E-state index in [2.05, 4.69) is 45.5 Å². The van der Waals surface area contributed by atoms with E-state index in [0.29, 0.717) is 11.8 Å². The Balaban J connectivity index is 0.000000169. The van der Waals surface area contributed by atoms with Crippen LogP contribution < -0.4 is 27.8 Å². The molecule has 0 spiro atoms. The number of hydrogen-bond donors (Lipinski definition) is 6. The number of halogens is 1. The summed E-state index contributed by atoms with van der Waals surface area (Å²) >= 11 is 0. The first-order chi connectivity index (χ1) is 35.6. The van der Waals surface area contributed by atoms with Crippen molar-refractivity contribution >= 4 is 40.4 Å². The van der Waals surface area contributed by atoms with Crippen LogP contribution in [-0.4, -0.2) is 76.4 Å². The van der Waals surface area contributed by atoms with Gasteiger partial charge in [-0.05, 0) is 113 Å². The number of nitrogen functional groups attached to an aromatic ring is 1. The lowest BCUT2D eigenvalue weighted by Crippen LogP contribution is -2.43. The van der Waals surface area contributed by atoms with E-state index < -0.39 is 21.6 Å². The molecule has 22 nitrogen and oxygen atoms in total. The molecule has 2 atom stereocenters. The van der Waals surface area contributed by atoms with Crippen molar-refractivity contribution in [2.75, 3.05) is 16.4 Å². The molecule has 0 bridgehead atoms. The number of rotatable bonds is 10. The third-order valence-electron chi connectivity index (χ3n) is 11.3. The zero-order chi connectivity index (χ0) is 53.1. The highest BCUT2D eigenvalue weighted by molar-refractivity contribution is 5.98. The van der Waals surface area contributed by atoms with Crippen LogP contribution >= 0.6 is 0 Å². The van der Waals surface area contributed by atoms with Crippen molar-refractivity contribution in [2.24, 2.45) is 11.5 Å². The molecule has 9 aromatic rings. The van der Waals surface area contributed by atoms with Gasteiger partial charge in [-0.1, -0.05) is 12.8 Å². The lowest BCUT2D eigenvalue weighted by molar-refractivity contribution is -0.385. The van der Waals surface area contributed by atoms with Crippen molar-refractivity contribution in [2.45, 2.75) is 65.5 Å². The number of non-ortho nitro benzene ring substituents is 2. The van der Waals surface area contributed by atoms with Crippen molar-refractivity contribution in [3.8, 4) is 17.1 Å². The lowest BCUT2D eigenvalue weighted by Gasteiger charge is -2.29. The van der Waals surface area contributed by atoms with E-state index in [9.17, 15) is 29.4 Å². The number of primary amides is 1. The van der Waals surface area contributed by atoms with E-state index in [1.165, 1.54) is 18.3 Å². The Labute approximate surface area is 424 Å². The van der Waals surface area contributed by atoms with Crippen LogP contribution in [0.2, 0.25) is 0 Å². The molecule has 0 saturated heterocycles. The molecule has 4 aromatic carbocycles. The van der Waals surface area contributed by atoms with Crippen LogP contribution in [-0.2, 0) is 0 Å². The second kappa shape index (κ2) is 26.0. The Morgan fingerprint density at radius 1 is 0.676 bits per heavy atom. The van der Waals surface area contributed by atoms with E-state index in [4.69, 9.17) is 17.2 Å². The number of nitrogens with one attached hydrogen (secondary N) is 3. The van der Waals surface area contributed by atoms with Gasteiger partial charge in [0, 0.05) is 121 Å². The molecule has 382 valence electrons. The summed E-state index contributed by atoms with van der Waals surface area (Å²) in [5.41, 5.74) is 22.1. The highest BCUT2D eigenvalue weighted by Crippen LogP contribution is 2.24. The normalized spacial score (nSPS) is 13.4. The van der Waals surface area contributed by atoms with Crippen LogP contribution in [0, 0.1) is 53.7 Å². The number of aromatic amines is 1. The third-order valence-corrected chi connectivity index (χ3v) is 11.3. The maximum atomic E-state index is 12.1. The number of benzene rings is 4.